The van der Waals surface area contributed by atoms with Crippen LogP contribution in [-0.4, -0.2) is 30.3 Å². The van der Waals surface area contributed by atoms with Gasteiger partial charge >= 0.3 is 0 Å². The first-order valence-corrected chi connectivity index (χ1v) is 12.0. The van der Waals surface area contributed by atoms with Gasteiger partial charge in [-0.05, 0) is 48.2 Å². The highest BCUT2D eigenvalue weighted by molar-refractivity contribution is 5.98. The number of imidazole rings is 1. The fourth-order valence-corrected chi connectivity index (χ4v) is 4.76. The Hall–Kier alpha value is -4.45. The van der Waals surface area contributed by atoms with Gasteiger partial charge in [0.1, 0.15) is 5.69 Å². The van der Waals surface area contributed by atoms with Crippen molar-refractivity contribution in [1.82, 2.24) is 24.5 Å². The number of benzene rings is 1. The molecular formula is C30H25N5O. The average Bonchev–Trinajstić information content (AvgIpc) is 3.39. The molecule has 0 radical (unpaired) electrons. The first-order chi connectivity index (χ1) is 17.4. The molecular weight excluding hydrogens is 446 g/mol. The molecule has 0 saturated carbocycles. The number of pyridine rings is 3. The van der Waals surface area contributed by atoms with E-state index in [1.54, 1.807) is 12.5 Å². The van der Waals surface area contributed by atoms with Crippen LogP contribution in [-0.2, 0) is 6.42 Å². The zero-order valence-electron chi connectivity index (χ0n) is 20.2. The second-order valence-electron chi connectivity index (χ2n) is 10.0. The molecule has 1 aliphatic carbocycles. The third kappa shape index (κ3) is 4.22. The van der Waals surface area contributed by atoms with Crippen molar-refractivity contribution in [2.75, 3.05) is 0 Å². The van der Waals surface area contributed by atoms with E-state index in [0.29, 0.717) is 6.42 Å². The normalized spacial score (nSPS) is 14.4. The molecule has 0 spiro atoms. The molecule has 0 fully saturated rings. The van der Waals surface area contributed by atoms with Crippen molar-refractivity contribution in [3.8, 4) is 39.6 Å². The molecule has 4 heterocycles. The van der Waals surface area contributed by atoms with Gasteiger partial charge in [-0.3, -0.25) is 14.8 Å². The minimum atomic E-state index is -0.0807. The lowest BCUT2D eigenvalue weighted by atomic mass is 9.75. The van der Waals surface area contributed by atoms with Gasteiger partial charge in [-0.1, -0.05) is 44.2 Å². The number of aromatic nitrogens is 5. The molecule has 0 unspecified atom stereocenters. The molecule has 5 aromatic rings. The average molecular weight is 472 g/mol. The summed E-state index contributed by atoms with van der Waals surface area (Å²) in [6, 6.07) is 21.9. The van der Waals surface area contributed by atoms with Crippen LogP contribution < -0.4 is 0 Å². The summed E-state index contributed by atoms with van der Waals surface area (Å²) in [7, 11) is 0. The summed E-state index contributed by atoms with van der Waals surface area (Å²) in [6.45, 7) is 4.23. The SMILES string of the molecule is CC1(C)CC(=O)c2ccc(-c3cn(-c4cc(-c5ccccc5)nc(-c5cccnc5)c4)cn3)nc2C1. The molecule has 176 valence electrons. The summed E-state index contributed by atoms with van der Waals surface area (Å²) in [4.78, 5) is 31.3. The van der Waals surface area contributed by atoms with Crippen molar-refractivity contribution >= 4 is 5.78 Å². The predicted octanol–water partition coefficient (Wildman–Crippen LogP) is 6.21. The Bertz CT molecular complexity index is 1510. The summed E-state index contributed by atoms with van der Waals surface area (Å²) in [5, 5.41) is 0. The third-order valence-electron chi connectivity index (χ3n) is 6.54. The molecule has 4 aromatic heterocycles. The Labute approximate surface area is 209 Å². The molecule has 6 nitrogen and oxygen atoms in total. The summed E-state index contributed by atoms with van der Waals surface area (Å²) in [5.74, 6) is 0.166. The van der Waals surface area contributed by atoms with Gasteiger partial charge in [0.2, 0.25) is 0 Å². The van der Waals surface area contributed by atoms with Crippen LogP contribution in [0.25, 0.3) is 39.6 Å². The lowest BCUT2D eigenvalue weighted by Crippen LogP contribution is -2.27. The third-order valence-corrected chi connectivity index (χ3v) is 6.54. The zero-order chi connectivity index (χ0) is 24.7. The highest BCUT2D eigenvalue weighted by Gasteiger charge is 2.32. The molecule has 1 aromatic carbocycles. The van der Waals surface area contributed by atoms with Gasteiger partial charge < -0.3 is 4.57 Å². The van der Waals surface area contributed by atoms with Crippen molar-refractivity contribution in [1.29, 1.82) is 0 Å². The van der Waals surface area contributed by atoms with E-state index in [4.69, 9.17) is 9.97 Å². The Morgan fingerprint density at radius 2 is 1.58 bits per heavy atom. The molecule has 0 atom stereocenters. The highest BCUT2D eigenvalue weighted by atomic mass is 16.1. The Balaban J connectivity index is 1.41. The van der Waals surface area contributed by atoms with Crippen LogP contribution in [0.4, 0.5) is 0 Å². The van der Waals surface area contributed by atoms with E-state index in [0.717, 1.165) is 57.3 Å². The predicted molar refractivity (Wildman–Crippen MR) is 140 cm³/mol. The summed E-state index contributed by atoms with van der Waals surface area (Å²) >= 11 is 0. The summed E-state index contributed by atoms with van der Waals surface area (Å²) in [6.07, 6.45) is 8.68. The van der Waals surface area contributed by atoms with Gasteiger partial charge in [0, 0.05) is 41.7 Å². The maximum atomic E-state index is 12.6. The number of fused-ring (bicyclic) bond motifs is 1. The first kappa shape index (κ1) is 22.0. The van der Waals surface area contributed by atoms with Gasteiger partial charge in [0.15, 0.2) is 5.78 Å². The topological polar surface area (TPSA) is 73.6 Å². The molecule has 0 bridgehead atoms. The highest BCUT2D eigenvalue weighted by Crippen LogP contribution is 2.35. The van der Waals surface area contributed by atoms with Gasteiger partial charge in [-0.25, -0.2) is 9.97 Å². The number of Topliss-reactive ketones (excluding diaryl/α,β-unsaturated/α-hetero) is 1. The lowest BCUT2D eigenvalue weighted by molar-refractivity contribution is 0.0910. The summed E-state index contributed by atoms with van der Waals surface area (Å²) < 4.78 is 1.99. The van der Waals surface area contributed by atoms with E-state index >= 15 is 0 Å². The minimum Gasteiger partial charge on any atom is -0.305 e. The van der Waals surface area contributed by atoms with Crippen molar-refractivity contribution in [2.24, 2.45) is 5.41 Å². The van der Waals surface area contributed by atoms with E-state index in [1.807, 2.05) is 65.5 Å². The molecule has 36 heavy (non-hydrogen) atoms. The van der Waals surface area contributed by atoms with Crippen LogP contribution >= 0.6 is 0 Å². The maximum absolute atomic E-state index is 12.6. The largest absolute Gasteiger partial charge is 0.305 e. The first-order valence-electron chi connectivity index (χ1n) is 12.0. The fraction of sp³-hybridized carbons (Fsp3) is 0.167. The Morgan fingerprint density at radius 1 is 0.806 bits per heavy atom. The molecule has 0 saturated heterocycles. The molecule has 0 aliphatic heterocycles. The van der Waals surface area contributed by atoms with Gasteiger partial charge in [0.25, 0.3) is 0 Å². The van der Waals surface area contributed by atoms with Crippen LogP contribution in [0.2, 0.25) is 0 Å². The number of rotatable bonds is 4. The molecule has 6 heteroatoms. The van der Waals surface area contributed by atoms with Gasteiger partial charge in [-0.15, -0.1) is 0 Å². The number of carbonyl (C=O) groups is 1. The van der Waals surface area contributed by atoms with Crippen LogP contribution in [0.15, 0.2) is 91.6 Å². The van der Waals surface area contributed by atoms with E-state index < -0.39 is 0 Å². The quantitative estimate of drug-likeness (QED) is 0.311. The fourth-order valence-electron chi connectivity index (χ4n) is 4.76. The van der Waals surface area contributed by atoms with Gasteiger partial charge in [-0.2, -0.15) is 0 Å². The summed E-state index contributed by atoms with van der Waals surface area (Å²) in [5.41, 5.74) is 7.67. The lowest BCUT2D eigenvalue weighted by Gasteiger charge is -2.29. The monoisotopic (exact) mass is 471 g/mol. The van der Waals surface area contributed by atoms with E-state index in [1.165, 1.54) is 0 Å². The van der Waals surface area contributed by atoms with E-state index in [-0.39, 0.29) is 11.2 Å². The molecule has 6 rings (SSSR count). The van der Waals surface area contributed by atoms with Crippen molar-refractivity contribution in [3.05, 3.63) is 103 Å². The zero-order valence-corrected chi connectivity index (χ0v) is 20.2. The number of hydrogen-bond donors (Lipinski definition) is 0. The van der Waals surface area contributed by atoms with Crippen molar-refractivity contribution in [2.45, 2.75) is 26.7 Å². The Morgan fingerprint density at radius 3 is 2.36 bits per heavy atom. The van der Waals surface area contributed by atoms with Crippen LogP contribution in [0, 0.1) is 5.41 Å². The standard InChI is InChI=1S/C30H25N5O/c1-30(2)15-27-23(29(36)16-30)10-11-24(33-27)28-18-35(19-32-28)22-13-25(20-7-4-3-5-8-20)34-26(14-22)21-9-6-12-31-17-21/h3-14,17-19H,15-16H2,1-2H3. The van der Waals surface area contributed by atoms with Crippen LogP contribution in [0.1, 0.15) is 36.3 Å². The maximum Gasteiger partial charge on any atom is 0.165 e. The molecule has 1 aliphatic rings. The molecule has 0 N–H and O–H groups in total. The van der Waals surface area contributed by atoms with E-state index in [9.17, 15) is 4.79 Å². The number of carbonyl (C=O) groups excluding carboxylic acids is 1. The minimum absolute atomic E-state index is 0.0807. The van der Waals surface area contributed by atoms with Gasteiger partial charge in [0.05, 0.1) is 34.8 Å². The van der Waals surface area contributed by atoms with E-state index in [2.05, 4.69) is 42.0 Å². The Kier molecular flexibility index (Phi) is 5.29. The number of ketones is 1. The van der Waals surface area contributed by atoms with Crippen LogP contribution in [0.3, 0.4) is 0 Å². The van der Waals surface area contributed by atoms with Crippen LogP contribution in [0.5, 0.6) is 0 Å². The second kappa shape index (κ2) is 8.64. The number of hydrogen-bond acceptors (Lipinski definition) is 5. The second-order valence-corrected chi connectivity index (χ2v) is 10.0. The molecule has 0 amide bonds. The van der Waals surface area contributed by atoms with Crippen molar-refractivity contribution in [3.63, 3.8) is 0 Å². The van der Waals surface area contributed by atoms with Crippen molar-refractivity contribution < 1.29 is 4.79 Å². The smallest absolute Gasteiger partial charge is 0.165 e. The number of nitrogens with zero attached hydrogens (tertiary/aromatic N) is 5.